The second kappa shape index (κ2) is 7.79. The van der Waals surface area contributed by atoms with Crippen molar-refractivity contribution < 1.29 is 23.9 Å². The maximum Gasteiger partial charge on any atom is 0.338 e. The first kappa shape index (κ1) is 23.3. The van der Waals surface area contributed by atoms with Crippen LogP contribution in [0.15, 0.2) is 41.5 Å². The minimum absolute atomic E-state index is 0.0509. The molecule has 0 heterocycles. The molecule has 4 aliphatic rings. The Bertz CT molecular complexity index is 1070. The van der Waals surface area contributed by atoms with Gasteiger partial charge in [-0.05, 0) is 62.0 Å². The lowest BCUT2D eigenvalue weighted by Crippen LogP contribution is -2.63. The van der Waals surface area contributed by atoms with E-state index in [9.17, 15) is 14.4 Å². The molecule has 5 nitrogen and oxygen atoms in total. The molecule has 1 spiro atoms. The molecule has 0 aromatic heterocycles. The number of hydrogen-bond donors (Lipinski definition) is 0. The largest absolute Gasteiger partial charge is 0.458 e. The number of fused-ring (bicyclic) bond motifs is 2. The van der Waals surface area contributed by atoms with Gasteiger partial charge < -0.3 is 9.47 Å². The fraction of sp³-hybridized carbons (Fsp3) is 0.621. The summed E-state index contributed by atoms with van der Waals surface area (Å²) < 4.78 is 12.3. The Balaban J connectivity index is 1.67. The summed E-state index contributed by atoms with van der Waals surface area (Å²) in [4.78, 5) is 39.0. The molecule has 1 aromatic carbocycles. The van der Waals surface area contributed by atoms with Crippen molar-refractivity contribution in [3.05, 3.63) is 47.0 Å². The zero-order valence-corrected chi connectivity index (χ0v) is 21.0. The number of hydrogen-bond acceptors (Lipinski definition) is 5. The molecule has 0 N–H and O–H groups in total. The van der Waals surface area contributed by atoms with Gasteiger partial charge in [0.25, 0.3) is 0 Å². The number of carbonyl (C=O) groups is 3. The number of esters is 2. The van der Waals surface area contributed by atoms with Gasteiger partial charge in [0.1, 0.15) is 18.0 Å². The van der Waals surface area contributed by atoms with Crippen molar-refractivity contribution in [2.45, 2.75) is 85.4 Å². The first-order valence-corrected chi connectivity index (χ1v) is 12.7. The Morgan fingerprint density at radius 3 is 2.35 bits per heavy atom. The highest BCUT2D eigenvalue weighted by Crippen LogP contribution is 2.70. The molecule has 5 rings (SSSR count). The molecule has 0 unspecified atom stereocenters. The summed E-state index contributed by atoms with van der Waals surface area (Å²) in [7, 11) is 0. The third kappa shape index (κ3) is 3.37. The van der Waals surface area contributed by atoms with Crippen molar-refractivity contribution in [3.8, 4) is 0 Å². The van der Waals surface area contributed by atoms with Gasteiger partial charge in [-0.3, -0.25) is 9.59 Å². The molecule has 34 heavy (non-hydrogen) atoms. The summed E-state index contributed by atoms with van der Waals surface area (Å²) in [5.41, 5.74) is 2.62. The van der Waals surface area contributed by atoms with Crippen LogP contribution in [0.2, 0.25) is 0 Å². The van der Waals surface area contributed by atoms with Gasteiger partial charge in [0.15, 0.2) is 0 Å². The molecule has 0 amide bonds. The van der Waals surface area contributed by atoms with Crippen molar-refractivity contribution in [1.82, 2.24) is 0 Å². The highest BCUT2D eigenvalue weighted by atomic mass is 16.6. The number of rotatable bonds is 3. The maximum absolute atomic E-state index is 13.3. The molecule has 1 aromatic rings. The van der Waals surface area contributed by atoms with Crippen LogP contribution < -0.4 is 0 Å². The van der Waals surface area contributed by atoms with Crippen LogP contribution in [0.25, 0.3) is 0 Å². The first-order valence-electron chi connectivity index (χ1n) is 12.7. The normalized spacial score (nSPS) is 38.1. The maximum atomic E-state index is 13.3. The second-order valence-corrected chi connectivity index (χ2v) is 12.1. The summed E-state index contributed by atoms with van der Waals surface area (Å²) >= 11 is 0. The third-order valence-corrected chi connectivity index (χ3v) is 9.51. The van der Waals surface area contributed by atoms with E-state index < -0.39 is 24.1 Å². The van der Waals surface area contributed by atoms with E-state index in [0.29, 0.717) is 12.0 Å². The highest BCUT2D eigenvalue weighted by molar-refractivity contribution is 5.90. The Kier molecular flexibility index (Phi) is 5.34. The summed E-state index contributed by atoms with van der Waals surface area (Å²) in [5.74, 6) is -0.760. The predicted molar refractivity (Wildman–Crippen MR) is 128 cm³/mol. The van der Waals surface area contributed by atoms with Gasteiger partial charge in [-0.15, -0.1) is 0 Å². The van der Waals surface area contributed by atoms with Crippen LogP contribution in [-0.4, -0.2) is 29.9 Å². The van der Waals surface area contributed by atoms with E-state index in [1.165, 1.54) is 18.1 Å². The number of benzene rings is 1. The van der Waals surface area contributed by atoms with E-state index in [-0.39, 0.29) is 33.9 Å². The average molecular weight is 465 g/mol. The molecular formula is C29H36O5. The number of carbonyl (C=O) groups excluding carboxylic acids is 3. The molecule has 6 atom stereocenters. The van der Waals surface area contributed by atoms with Crippen molar-refractivity contribution in [3.63, 3.8) is 0 Å². The average Bonchev–Trinajstić information content (AvgIpc) is 3.09. The van der Waals surface area contributed by atoms with Gasteiger partial charge in [-0.25, -0.2) is 4.79 Å². The van der Waals surface area contributed by atoms with Gasteiger partial charge >= 0.3 is 11.9 Å². The van der Waals surface area contributed by atoms with Crippen LogP contribution >= 0.6 is 0 Å². The van der Waals surface area contributed by atoms with Gasteiger partial charge in [-0.2, -0.15) is 0 Å². The first-order chi connectivity index (χ1) is 16.0. The van der Waals surface area contributed by atoms with Crippen LogP contribution in [0, 0.1) is 28.1 Å². The van der Waals surface area contributed by atoms with E-state index in [2.05, 4.69) is 27.7 Å². The van der Waals surface area contributed by atoms with E-state index >= 15 is 0 Å². The molecule has 0 aliphatic heterocycles. The summed E-state index contributed by atoms with van der Waals surface area (Å²) in [6.45, 7) is 10.2. The molecule has 0 radical (unpaired) electrons. The summed E-state index contributed by atoms with van der Waals surface area (Å²) in [6, 6.07) is 8.98. The summed E-state index contributed by atoms with van der Waals surface area (Å²) in [5, 5.41) is 0. The van der Waals surface area contributed by atoms with E-state index in [1.54, 1.807) is 12.1 Å². The van der Waals surface area contributed by atoms with Gasteiger partial charge in [0.05, 0.1) is 5.56 Å². The standard InChI is InChI=1S/C29H36O5/c1-17-11-12-27(3,4)23-22(17)29-14-13-28(5,16-29)21(31)15-20(29)24(33-18(2)30)25(23)34-26(32)19-9-7-6-8-10-19/h6-10,20,23-25H,11-16H2,1-5H3/t20-,23+,24-,25+,28-,29-/m0/s1. The smallest absolute Gasteiger partial charge is 0.338 e. The topological polar surface area (TPSA) is 69.7 Å². The third-order valence-electron chi connectivity index (χ3n) is 9.51. The fourth-order valence-corrected chi connectivity index (χ4v) is 7.89. The van der Waals surface area contributed by atoms with Gasteiger partial charge in [-0.1, -0.05) is 50.1 Å². The minimum atomic E-state index is -0.629. The second-order valence-electron chi connectivity index (χ2n) is 12.1. The number of allylic oxidation sites excluding steroid dienone is 1. The van der Waals surface area contributed by atoms with E-state index in [4.69, 9.17) is 9.47 Å². The molecular weight excluding hydrogens is 428 g/mol. The van der Waals surface area contributed by atoms with Gasteiger partial charge in [0.2, 0.25) is 0 Å². The van der Waals surface area contributed by atoms with Crippen LogP contribution in [0.4, 0.5) is 0 Å². The molecule has 5 heteroatoms. The minimum Gasteiger partial charge on any atom is -0.458 e. The number of ether oxygens (including phenoxy) is 2. The van der Waals surface area contributed by atoms with Crippen molar-refractivity contribution in [2.75, 3.05) is 0 Å². The SMILES string of the molecule is CC(=O)O[C@@H]1[C@H](OC(=O)c2ccccc2)[C@H]2C(=C(C)CCC2(C)C)[C@@]23CC[C@@](C)(C2)C(=O)C[C@@H]13. The van der Waals surface area contributed by atoms with E-state index in [1.807, 2.05) is 18.2 Å². The monoisotopic (exact) mass is 464 g/mol. The lowest BCUT2D eigenvalue weighted by molar-refractivity contribution is -0.185. The molecule has 4 aliphatic carbocycles. The Morgan fingerprint density at radius 2 is 1.68 bits per heavy atom. The number of Topliss-reactive ketones (excluding diaryl/α,β-unsaturated/α-hetero) is 1. The summed E-state index contributed by atoms with van der Waals surface area (Å²) in [6.07, 6.45) is 3.72. The molecule has 2 bridgehead atoms. The lowest BCUT2D eigenvalue weighted by Gasteiger charge is -2.60. The van der Waals surface area contributed by atoms with Crippen molar-refractivity contribution >= 4 is 17.7 Å². The molecule has 0 saturated heterocycles. The van der Waals surface area contributed by atoms with Gasteiger partial charge in [0, 0.05) is 30.6 Å². The quantitative estimate of drug-likeness (QED) is 0.425. The Morgan fingerprint density at radius 1 is 0.971 bits per heavy atom. The molecule has 3 fully saturated rings. The number of ketones is 1. The van der Waals surface area contributed by atoms with Crippen molar-refractivity contribution in [1.29, 1.82) is 0 Å². The van der Waals surface area contributed by atoms with Crippen LogP contribution in [0.1, 0.15) is 83.5 Å². The van der Waals surface area contributed by atoms with E-state index in [0.717, 1.165) is 32.1 Å². The van der Waals surface area contributed by atoms with Crippen LogP contribution in [-0.2, 0) is 19.1 Å². The predicted octanol–water partition coefficient (Wildman–Crippen LogP) is 5.68. The van der Waals surface area contributed by atoms with Crippen LogP contribution in [0.5, 0.6) is 0 Å². The zero-order valence-electron chi connectivity index (χ0n) is 21.0. The lowest BCUT2D eigenvalue weighted by atomic mass is 9.46. The Labute approximate surface area is 202 Å². The zero-order chi connectivity index (χ0) is 24.5. The Hall–Kier alpha value is -2.43. The molecule has 182 valence electrons. The van der Waals surface area contributed by atoms with Crippen LogP contribution in [0.3, 0.4) is 0 Å². The molecule has 3 saturated carbocycles. The van der Waals surface area contributed by atoms with Crippen molar-refractivity contribution in [2.24, 2.45) is 28.1 Å². The highest BCUT2D eigenvalue weighted by Gasteiger charge is 2.69. The fourth-order valence-electron chi connectivity index (χ4n) is 7.89.